The fourth-order valence-corrected chi connectivity index (χ4v) is 4.99. The monoisotopic (exact) mass is 571 g/mol. The van der Waals surface area contributed by atoms with Crippen molar-refractivity contribution in [1.82, 2.24) is 29.5 Å². The van der Waals surface area contributed by atoms with Crippen LogP contribution in [0.3, 0.4) is 0 Å². The molecule has 1 fully saturated rings. The first-order valence-corrected chi connectivity index (χ1v) is 11.6. The fourth-order valence-electron chi connectivity index (χ4n) is 3.57. The Morgan fingerprint density at radius 1 is 1.16 bits per heavy atom. The van der Waals surface area contributed by atoms with Crippen LogP contribution in [0.15, 0.2) is 64.6 Å². The Hall–Kier alpha value is -2.45. The zero-order valence-corrected chi connectivity index (χ0v) is 20.8. The van der Waals surface area contributed by atoms with Crippen LogP contribution in [0.5, 0.6) is 0 Å². The maximum atomic E-state index is 12.6. The molecule has 32 heavy (non-hydrogen) atoms. The van der Waals surface area contributed by atoms with Crippen molar-refractivity contribution in [2.45, 2.75) is 12.3 Å². The summed E-state index contributed by atoms with van der Waals surface area (Å²) < 4.78 is 33.3. The Bertz CT molecular complexity index is 1110. The summed E-state index contributed by atoms with van der Waals surface area (Å²) in [6, 6.07) is 11.5. The lowest BCUT2D eigenvalue weighted by molar-refractivity contribution is 0.259. The first-order chi connectivity index (χ1) is 15.1. The van der Waals surface area contributed by atoms with Crippen LogP contribution in [0.2, 0.25) is 0 Å². The normalized spacial score (nSPS) is 15.4. The molecular weight excluding hydrogens is 545 g/mol. The predicted molar refractivity (Wildman–Crippen MR) is 131 cm³/mol. The molecule has 1 aliphatic heterocycles. The van der Waals surface area contributed by atoms with Gasteiger partial charge >= 0.3 is 0 Å². The number of aliphatic imine (C=N–C) groups is 1. The van der Waals surface area contributed by atoms with E-state index in [4.69, 9.17) is 4.52 Å². The van der Waals surface area contributed by atoms with Gasteiger partial charge in [-0.05, 0) is 17.7 Å². The number of guanidine groups is 1. The predicted octanol–water partition coefficient (Wildman–Crippen LogP) is 1.70. The minimum atomic E-state index is -3.43. The summed E-state index contributed by atoms with van der Waals surface area (Å²) in [5.41, 5.74) is 2.50. The van der Waals surface area contributed by atoms with Crippen molar-refractivity contribution >= 4 is 40.0 Å². The van der Waals surface area contributed by atoms with Gasteiger partial charge in [0.15, 0.2) is 5.96 Å². The number of halogens is 1. The maximum absolute atomic E-state index is 12.6. The van der Waals surface area contributed by atoms with E-state index in [2.05, 4.69) is 25.5 Å². The molecule has 1 aromatic carbocycles. The van der Waals surface area contributed by atoms with Crippen LogP contribution in [0.4, 0.5) is 0 Å². The van der Waals surface area contributed by atoms with E-state index in [0.717, 1.165) is 17.2 Å². The number of benzene rings is 1. The second kappa shape index (κ2) is 10.9. The van der Waals surface area contributed by atoms with Gasteiger partial charge in [0, 0.05) is 58.2 Å². The number of piperazine rings is 1. The van der Waals surface area contributed by atoms with Gasteiger partial charge in [-0.3, -0.25) is 4.99 Å². The minimum absolute atomic E-state index is 0. The maximum Gasteiger partial charge on any atom is 0.220 e. The molecule has 1 aliphatic rings. The fraction of sp³-hybridized carbons (Fsp3) is 0.350. The third kappa shape index (κ3) is 5.66. The summed E-state index contributed by atoms with van der Waals surface area (Å²) in [6.07, 6.45) is 5.04. The first kappa shape index (κ1) is 24.2. The van der Waals surface area contributed by atoms with E-state index in [9.17, 15) is 8.42 Å². The number of rotatable bonds is 6. The van der Waals surface area contributed by atoms with Gasteiger partial charge in [-0.2, -0.15) is 9.40 Å². The van der Waals surface area contributed by atoms with E-state index in [1.807, 2.05) is 41.2 Å². The van der Waals surface area contributed by atoms with E-state index in [1.54, 1.807) is 19.3 Å². The van der Waals surface area contributed by atoms with Gasteiger partial charge in [0.1, 0.15) is 12.0 Å². The smallest absolute Gasteiger partial charge is 0.220 e. The molecule has 0 aliphatic carbocycles. The summed E-state index contributed by atoms with van der Waals surface area (Å²) >= 11 is 0. The van der Waals surface area contributed by atoms with Gasteiger partial charge in [-0.1, -0.05) is 23.4 Å². The van der Waals surface area contributed by atoms with Crippen LogP contribution in [0.1, 0.15) is 11.3 Å². The molecule has 3 aromatic rings. The molecule has 0 saturated carbocycles. The largest absolute Gasteiger partial charge is 0.364 e. The summed E-state index contributed by atoms with van der Waals surface area (Å²) in [6.45, 7) is 2.47. The van der Waals surface area contributed by atoms with Gasteiger partial charge in [0.25, 0.3) is 0 Å². The highest BCUT2D eigenvalue weighted by atomic mass is 127. The topological polar surface area (TPSA) is 109 Å². The number of nitrogens with zero attached hydrogens (tertiary/aromatic N) is 6. The van der Waals surface area contributed by atoms with Crippen molar-refractivity contribution in [2.24, 2.45) is 4.99 Å². The molecule has 12 heteroatoms. The van der Waals surface area contributed by atoms with Crippen molar-refractivity contribution in [2.75, 3.05) is 33.2 Å². The molecule has 0 atom stereocenters. The molecule has 2 aromatic heterocycles. The molecule has 1 N–H and O–H groups in total. The van der Waals surface area contributed by atoms with Crippen LogP contribution in [0.25, 0.3) is 5.69 Å². The number of hydrogen-bond acceptors (Lipinski definition) is 6. The van der Waals surface area contributed by atoms with Crippen LogP contribution in [-0.4, -0.2) is 71.7 Å². The third-order valence-corrected chi connectivity index (χ3v) is 6.96. The van der Waals surface area contributed by atoms with Crippen LogP contribution in [-0.2, 0) is 22.3 Å². The molecule has 0 unspecified atom stereocenters. The van der Waals surface area contributed by atoms with Crippen LogP contribution < -0.4 is 5.32 Å². The third-order valence-electron chi connectivity index (χ3n) is 5.14. The van der Waals surface area contributed by atoms with Crippen molar-refractivity contribution in [3.63, 3.8) is 0 Å². The van der Waals surface area contributed by atoms with Crippen molar-refractivity contribution in [1.29, 1.82) is 0 Å². The Labute approximate surface area is 204 Å². The SMILES string of the molecule is CN=C(NCc1ccccc1-n1cccn1)N1CCN(S(=O)(=O)Cc2ccon2)CC1.I. The van der Waals surface area contributed by atoms with Gasteiger partial charge in [0.05, 0.1) is 11.4 Å². The van der Waals surface area contributed by atoms with Gasteiger partial charge in [0.2, 0.25) is 10.0 Å². The molecule has 10 nitrogen and oxygen atoms in total. The summed E-state index contributed by atoms with van der Waals surface area (Å²) in [5.74, 6) is 0.588. The molecule has 0 bridgehead atoms. The average molecular weight is 571 g/mol. The second-order valence-corrected chi connectivity index (χ2v) is 9.08. The Morgan fingerprint density at radius 3 is 2.59 bits per heavy atom. The standard InChI is InChI=1S/C20H25N7O3S.HI/c1-21-20(22-15-17-5-2-3-6-19(17)27-9-4-8-23-27)25-10-12-26(13-11-25)31(28,29)16-18-7-14-30-24-18;/h2-9,14H,10-13,15-16H2,1H3,(H,21,22);1H. The number of hydrogen-bond donors (Lipinski definition) is 1. The zero-order chi connectivity index (χ0) is 21.7. The highest BCUT2D eigenvalue weighted by Gasteiger charge is 2.29. The van der Waals surface area contributed by atoms with Gasteiger partial charge < -0.3 is 14.7 Å². The van der Waals surface area contributed by atoms with Crippen molar-refractivity contribution in [3.8, 4) is 5.69 Å². The summed E-state index contributed by atoms with van der Waals surface area (Å²) in [5, 5.41) is 11.4. The van der Waals surface area contributed by atoms with Gasteiger partial charge in [-0.15, -0.1) is 24.0 Å². The highest BCUT2D eigenvalue weighted by Crippen LogP contribution is 2.15. The number of para-hydroxylation sites is 1. The molecule has 172 valence electrons. The first-order valence-electron chi connectivity index (χ1n) is 9.97. The molecular formula is C20H26IN7O3S. The summed E-state index contributed by atoms with van der Waals surface area (Å²) in [7, 11) is -1.70. The lowest BCUT2D eigenvalue weighted by atomic mass is 10.2. The van der Waals surface area contributed by atoms with Crippen LogP contribution >= 0.6 is 24.0 Å². The zero-order valence-electron chi connectivity index (χ0n) is 17.7. The van der Waals surface area contributed by atoms with Crippen molar-refractivity contribution < 1.29 is 12.9 Å². The molecule has 4 rings (SSSR count). The highest BCUT2D eigenvalue weighted by molar-refractivity contribution is 14.0. The Balaban J connectivity index is 0.00000289. The number of aromatic nitrogens is 3. The minimum Gasteiger partial charge on any atom is -0.364 e. The number of nitrogens with one attached hydrogen (secondary N) is 1. The van der Waals surface area contributed by atoms with Gasteiger partial charge in [-0.25, -0.2) is 13.1 Å². The van der Waals surface area contributed by atoms with E-state index >= 15 is 0 Å². The lowest BCUT2D eigenvalue weighted by Crippen LogP contribution is -2.53. The van der Waals surface area contributed by atoms with E-state index in [0.29, 0.717) is 38.4 Å². The summed E-state index contributed by atoms with van der Waals surface area (Å²) in [4.78, 5) is 6.45. The molecule has 1 saturated heterocycles. The molecule has 0 radical (unpaired) electrons. The molecule has 0 spiro atoms. The van der Waals surface area contributed by atoms with Crippen LogP contribution in [0, 0.1) is 0 Å². The van der Waals surface area contributed by atoms with Crippen molar-refractivity contribution in [3.05, 3.63) is 66.3 Å². The second-order valence-electron chi connectivity index (χ2n) is 7.11. The number of sulfonamides is 1. The average Bonchev–Trinajstić information content (AvgIpc) is 3.49. The Morgan fingerprint density at radius 2 is 1.94 bits per heavy atom. The van der Waals surface area contributed by atoms with E-state index in [1.165, 1.54) is 10.6 Å². The molecule has 3 heterocycles. The molecule has 0 amide bonds. The van der Waals surface area contributed by atoms with E-state index < -0.39 is 10.0 Å². The van der Waals surface area contributed by atoms with E-state index in [-0.39, 0.29) is 29.7 Å². The Kier molecular flexibility index (Phi) is 8.26. The lowest BCUT2D eigenvalue weighted by Gasteiger charge is -2.35. The quantitative estimate of drug-likeness (QED) is 0.273.